The number of allylic oxidation sites excluding steroid dienone is 7. The van der Waals surface area contributed by atoms with Gasteiger partial charge in [-0.3, -0.25) is 0 Å². The molecule has 0 aromatic carbocycles. The van der Waals surface area contributed by atoms with Crippen molar-refractivity contribution in [1.82, 2.24) is 4.98 Å². The van der Waals surface area contributed by atoms with Crippen molar-refractivity contribution in [2.45, 2.75) is 313 Å². The van der Waals surface area contributed by atoms with E-state index in [1.54, 1.807) is 0 Å². The van der Waals surface area contributed by atoms with Crippen molar-refractivity contribution >= 4 is 55.4 Å². The molecule has 0 atom stereocenters. The molecule has 4 heterocycles. The standard InChI is InChI=1S/C72H117N3Si4/c1-31-58-59(32-2)69-65(38-41-77(48(13)14,49(15)16)50(17)18)70-62(35-5)63(36-6)72(75-70)66(39-42-78(51(19)20,52(21)22)53(23)24)71-61(34-4)60(33-3)68(74-71)64(37-40-76(45(7)8,46(9)10)47(11)12)57(43-67(58)73-69)44-79(54(25)26,55(27)28)56(29)30/h43-56,73H,31-36H2,1-30H3/b57-44+,67-43-,68-64-,69-65?,72-66-. The molecule has 79 heavy (non-hydrogen) atoms. The Bertz CT molecular complexity index is 2870. The van der Waals surface area contributed by atoms with Gasteiger partial charge in [-0.25, -0.2) is 9.98 Å². The predicted octanol–water partition coefficient (Wildman–Crippen LogP) is 20.5. The fourth-order valence-electron chi connectivity index (χ4n) is 16.8. The first-order chi connectivity index (χ1) is 36.8. The van der Waals surface area contributed by atoms with Gasteiger partial charge >= 0.3 is 0 Å². The quantitative estimate of drug-likeness (QED) is 0.106. The largest absolute Gasteiger partial charge is 0.354 e. The predicted molar refractivity (Wildman–Crippen MR) is 366 cm³/mol. The SMILES string of the molecule is CCC1=C(CC)/C2=C(\C#C[Si](C(C)C)(C(C)C)C(C)C)C3=N\C(=C(C#C[Si](C(C)C)(C(C)C)C(C)C)/C(=C/[Si](C(C)C)(C(C)C)C(C)C)/C=c4\[nH]c(c(CC)c4CC)=C(C#C[Si](C(C)C)(C(C)C)C(C)C)C1=N2)C(CC)=C3CC. The molecule has 7 heteroatoms. The Morgan fingerprint density at radius 2 is 0.684 bits per heavy atom. The van der Waals surface area contributed by atoms with Gasteiger partial charge in [0.05, 0.1) is 53.0 Å². The molecule has 0 radical (unpaired) electrons. The van der Waals surface area contributed by atoms with E-state index in [1.807, 2.05) is 0 Å². The molecule has 0 amide bonds. The van der Waals surface area contributed by atoms with Crippen molar-refractivity contribution < 1.29 is 0 Å². The van der Waals surface area contributed by atoms with E-state index in [0.717, 1.165) is 83.4 Å². The highest BCUT2D eigenvalue weighted by atomic mass is 28.3. The minimum absolute atomic E-state index is 0.474. The number of aliphatic imine (C=N–C) groups is 2. The number of nitrogens with zero attached hydrogens (tertiary/aromatic N) is 2. The molecule has 1 N–H and O–H groups in total. The van der Waals surface area contributed by atoms with Crippen LogP contribution >= 0.6 is 0 Å². The Morgan fingerprint density at radius 3 is 0.987 bits per heavy atom. The molecule has 0 saturated heterocycles. The summed E-state index contributed by atoms with van der Waals surface area (Å²) in [4.78, 5) is 16.6. The molecule has 0 spiro atoms. The van der Waals surface area contributed by atoms with E-state index in [4.69, 9.17) is 9.98 Å². The van der Waals surface area contributed by atoms with E-state index in [9.17, 15) is 0 Å². The topological polar surface area (TPSA) is 40.5 Å². The maximum absolute atomic E-state index is 6.22. The highest BCUT2D eigenvalue weighted by molar-refractivity contribution is 6.92. The zero-order valence-electron chi connectivity index (χ0n) is 56.7. The van der Waals surface area contributed by atoms with Gasteiger partial charge < -0.3 is 4.98 Å². The normalized spacial score (nSPS) is 18.9. The number of hydrogen-bond donors (Lipinski definition) is 1. The van der Waals surface area contributed by atoms with E-state index in [1.165, 1.54) is 44.3 Å². The van der Waals surface area contributed by atoms with Crippen LogP contribution in [0, 0.1) is 34.4 Å². The van der Waals surface area contributed by atoms with E-state index in [2.05, 4.69) is 259 Å². The summed E-state index contributed by atoms with van der Waals surface area (Å²) < 4.78 is 0. The van der Waals surface area contributed by atoms with Crippen LogP contribution < -0.4 is 10.7 Å². The fraction of sp³-hybridized carbons (Fsp3) is 0.667. The van der Waals surface area contributed by atoms with Crippen LogP contribution in [0.25, 0.3) is 11.6 Å². The molecule has 436 valence electrons. The Hall–Kier alpha value is -3.39. The minimum atomic E-state index is -2.27. The number of H-pyrrole nitrogens is 1. The molecule has 0 unspecified atom stereocenters. The van der Waals surface area contributed by atoms with Gasteiger partial charge in [-0.05, 0) is 150 Å². The summed E-state index contributed by atoms with van der Waals surface area (Å²) in [6, 6.07) is 0. The van der Waals surface area contributed by atoms with E-state index in [-0.39, 0.29) is 0 Å². The Kier molecular flexibility index (Phi) is 23.6. The van der Waals surface area contributed by atoms with Crippen LogP contribution in [0.2, 0.25) is 66.5 Å². The molecule has 3 aliphatic heterocycles. The second-order valence-electron chi connectivity index (χ2n) is 27.8. The number of aromatic nitrogens is 1. The smallest absolute Gasteiger partial charge is 0.146 e. The van der Waals surface area contributed by atoms with Crippen molar-refractivity contribution in [3.05, 3.63) is 77.9 Å². The maximum Gasteiger partial charge on any atom is 0.146 e. The summed E-state index contributed by atoms with van der Waals surface area (Å²) in [5.41, 5.74) is 38.2. The lowest BCUT2D eigenvalue weighted by Crippen LogP contribution is -2.43. The van der Waals surface area contributed by atoms with Crippen molar-refractivity contribution in [2.24, 2.45) is 9.98 Å². The van der Waals surface area contributed by atoms with Gasteiger partial charge in [0, 0.05) is 5.35 Å². The number of rotatable bonds is 19. The van der Waals surface area contributed by atoms with E-state index in [0.29, 0.717) is 66.5 Å². The van der Waals surface area contributed by atoms with E-state index < -0.39 is 32.3 Å². The third-order valence-electron chi connectivity index (χ3n) is 20.7. The summed E-state index contributed by atoms with van der Waals surface area (Å²) in [5.74, 6) is 12.7. The zero-order chi connectivity index (χ0) is 60.2. The van der Waals surface area contributed by atoms with Crippen LogP contribution in [-0.4, -0.2) is 48.7 Å². The first-order valence-electron chi connectivity index (χ1n) is 32.2. The molecule has 4 rings (SSSR count). The first kappa shape index (κ1) is 68.1. The summed E-state index contributed by atoms with van der Waals surface area (Å²) in [5, 5.41) is 2.34. The molecular weight excluding hydrogens is 1020 g/mol. The maximum atomic E-state index is 6.22. The minimum Gasteiger partial charge on any atom is -0.354 e. The molecule has 0 fully saturated rings. The number of aromatic amines is 1. The lowest BCUT2D eigenvalue weighted by molar-refractivity contribution is 0.832. The van der Waals surface area contributed by atoms with Crippen LogP contribution in [0.1, 0.15) is 245 Å². The number of nitrogens with one attached hydrogen (secondary N) is 1. The third kappa shape index (κ3) is 12.2. The second kappa shape index (κ2) is 27.3. The van der Waals surface area contributed by atoms with Crippen LogP contribution in [-0.2, 0) is 12.8 Å². The van der Waals surface area contributed by atoms with Crippen molar-refractivity contribution in [3.63, 3.8) is 0 Å². The average Bonchev–Trinajstić information content (AvgIpc) is 4.06. The highest BCUT2D eigenvalue weighted by Crippen LogP contribution is 2.48. The van der Waals surface area contributed by atoms with Gasteiger partial charge in [0.25, 0.3) is 0 Å². The van der Waals surface area contributed by atoms with Gasteiger partial charge in [-0.1, -0.05) is 231 Å². The molecule has 1 aromatic heterocycles. The summed E-state index contributed by atoms with van der Waals surface area (Å²) >= 11 is 0. The fourth-order valence-corrected chi connectivity index (χ4v) is 38.2. The number of fused-ring (bicyclic) bond motifs is 4. The van der Waals surface area contributed by atoms with Gasteiger partial charge in [0.15, 0.2) is 0 Å². The molecule has 0 aliphatic carbocycles. The molecule has 6 bridgehead atoms. The molecular formula is C72H117N3Si4. The lowest BCUT2D eigenvalue weighted by Gasteiger charge is -2.41. The summed E-state index contributed by atoms with van der Waals surface area (Å²) in [6.07, 6.45) is 7.75. The van der Waals surface area contributed by atoms with Crippen molar-refractivity contribution in [1.29, 1.82) is 0 Å². The molecule has 3 aliphatic rings. The summed E-state index contributed by atoms with van der Waals surface area (Å²) in [7, 11) is -8.99. The molecule has 0 saturated carbocycles. The third-order valence-corrected chi connectivity index (χ3v) is 46.4. The van der Waals surface area contributed by atoms with Crippen LogP contribution in [0.5, 0.6) is 0 Å². The van der Waals surface area contributed by atoms with Crippen molar-refractivity contribution in [2.75, 3.05) is 0 Å². The monoisotopic (exact) mass is 1140 g/mol. The van der Waals surface area contributed by atoms with Gasteiger partial charge in [-0.15, -0.1) is 16.6 Å². The van der Waals surface area contributed by atoms with Crippen LogP contribution in [0.15, 0.2) is 66.1 Å². The molecule has 1 aromatic rings. The highest BCUT2D eigenvalue weighted by Gasteiger charge is 2.46. The number of hydrogen-bond acceptors (Lipinski definition) is 2. The van der Waals surface area contributed by atoms with Crippen LogP contribution in [0.4, 0.5) is 0 Å². The van der Waals surface area contributed by atoms with E-state index >= 15 is 0 Å². The van der Waals surface area contributed by atoms with Gasteiger partial charge in [-0.2, -0.15) is 0 Å². The lowest BCUT2D eigenvalue weighted by atomic mass is 9.90. The second-order valence-corrected chi connectivity index (χ2v) is 50.3. The Balaban J connectivity index is 2.81. The zero-order valence-corrected chi connectivity index (χ0v) is 60.7. The Labute approximate surface area is 492 Å². The first-order valence-corrected chi connectivity index (χ1v) is 41.2. The van der Waals surface area contributed by atoms with Gasteiger partial charge in [0.1, 0.15) is 24.2 Å². The average molecular weight is 1140 g/mol. The van der Waals surface area contributed by atoms with Crippen molar-refractivity contribution in [3.8, 4) is 34.4 Å². The Morgan fingerprint density at radius 1 is 0.380 bits per heavy atom. The van der Waals surface area contributed by atoms with Crippen LogP contribution in [0.3, 0.4) is 0 Å². The molecule has 3 nitrogen and oxygen atoms in total. The van der Waals surface area contributed by atoms with Gasteiger partial charge in [0.2, 0.25) is 0 Å². The summed E-state index contributed by atoms with van der Waals surface area (Å²) in [6.45, 7) is 73.3.